The molecule has 0 aromatic rings. The quantitative estimate of drug-likeness (QED) is 0.568. The van der Waals surface area contributed by atoms with Crippen LogP contribution in [-0.2, 0) is 14.3 Å². The molecule has 2 rings (SSSR count). The van der Waals surface area contributed by atoms with E-state index in [4.69, 9.17) is 16.3 Å². The summed E-state index contributed by atoms with van der Waals surface area (Å²) in [6, 6.07) is 0. The minimum atomic E-state index is -0.486. The summed E-state index contributed by atoms with van der Waals surface area (Å²) >= 11 is 5.83. The van der Waals surface area contributed by atoms with Gasteiger partial charge >= 0.3 is 0 Å². The molecule has 132 valence electrons. The van der Waals surface area contributed by atoms with Gasteiger partial charge in [-0.15, -0.1) is 11.6 Å². The van der Waals surface area contributed by atoms with Crippen molar-refractivity contribution >= 4 is 23.4 Å². The predicted molar refractivity (Wildman–Crippen MR) is 89.5 cm³/mol. The molecule has 1 unspecified atom stereocenters. The first-order chi connectivity index (χ1) is 11.1. The molecule has 0 spiro atoms. The number of carbonyl (C=O) groups is 2. The van der Waals surface area contributed by atoms with E-state index in [2.05, 4.69) is 10.2 Å². The SMILES string of the molecule is CC(Cl)C(=O)N1CCC(C(=O)NCCCN2CCOCC2)CC1. The summed E-state index contributed by atoms with van der Waals surface area (Å²) in [7, 11) is 0. The van der Waals surface area contributed by atoms with Crippen LogP contribution in [0.25, 0.3) is 0 Å². The fraction of sp³-hybridized carbons (Fsp3) is 0.875. The third-order valence-electron chi connectivity index (χ3n) is 4.57. The topological polar surface area (TPSA) is 61.9 Å². The van der Waals surface area contributed by atoms with Crippen LogP contribution in [-0.4, -0.2) is 79.5 Å². The highest BCUT2D eigenvalue weighted by Crippen LogP contribution is 2.18. The number of likely N-dealkylation sites (tertiary alicyclic amines) is 1. The van der Waals surface area contributed by atoms with Gasteiger partial charge in [0.25, 0.3) is 0 Å². The van der Waals surface area contributed by atoms with Gasteiger partial charge in [0.15, 0.2) is 0 Å². The summed E-state index contributed by atoms with van der Waals surface area (Å²) < 4.78 is 5.32. The van der Waals surface area contributed by atoms with E-state index < -0.39 is 5.38 Å². The van der Waals surface area contributed by atoms with E-state index in [1.54, 1.807) is 11.8 Å². The Kier molecular flexibility index (Phi) is 7.59. The van der Waals surface area contributed by atoms with Gasteiger partial charge in [0.2, 0.25) is 11.8 Å². The lowest BCUT2D eigenvalue weighted by atomic mass is 9.95. The monoisotopic (exact) mass is 345 g/mol. The van der Waals surface area contributed by atoms with Gasteiger partial charge in [-0.25, -0.2) is 0 Å². The second-order valence-electron chi connectivity index (χ2n) is 6.31. The van der Waals surface area contributed by atoms with Crippen LogP contribution in [0.5, 0.6) is 0 Å². The number of morpholine rings is 1. The van der Waals surface area contributed by atoms with Gasteiger partial charge in [-0.3, -0.25) is 14.5 Å². The number of halogens is 1. The van der Waals surface area contributed by atoms with Crippen LogP contribution in [0.4, 0.5) is 0 Å². The molecule has 0 saturated carbocycles. The average Bonchev–Trinajstić information content (AvgIpc) is 2.59. The fourth-order valence-corrected chi connectivity index (χ4v) is 3.24. The zero-order chi connectivity index (χ0) is 16.7. The number of amides is 2. The summed E-state index contributed by atoms with van der Waals surface area (Å²) in [5, 5.41) is 2.55. The molecule has 0 radical (unpaired) electrons. The number of hydrogen-bond donors (Lipinski definition) is 1. The highest BCUT2D eigenvalue weighted by atomic mass is 35.5. The third-order valence-corrected chi connectivity index (χ3v) is 4.76. The number of carbonyl (C=O) groups excluding carboxylic acids is 2. The molecule has 7 heteroatoms. The number of nitrogens with one attached hydrogen (secondary N) is 1. The summed E-state index contributed by atoms with van der Waals surface area (Å²) in [5.41, 5.74) is 0. The largest absolute Gasteiger partial charge is 0.379 e. The van der Waals surface area contributed by atoms with Crippen molar-refractivity contribution in [1.29, 1.82) is 0 Å². The second kappa shape index (κ2) is 9.45. The number of ether oxygens (including phenoxy) is 1. The molecule has 2 aliphatic rings. The van der Waals surface area contributed by atoms with E-state index in [0.717, 1.165) is 52.1 Å². The molecular formula is C16H28ClN3O3. The normalized spacial score (nSPS) is 21.9. The molecule has 1 N–H and O–H groups in total. The van der Waals surface area contributed by atoms with Crippen LogP contribution in [0.15, 0.2) is 0 Å². The van der Waals surface area contributed by atoms with Crippen LogP contribution in [0, 0.1) is 5.92 Å². The molecule has 2 saturated heterocycles. The Morgan fingerprint density at radius 2 is 1.87 bits per heavy atom. The Morgan fingerprint density at radius 1 is 1.22 bits per heavy atom. The van der Waals surface area contributed by atoms with E-state index >= 15 is 0 Å². The average molecular weight is 346 g/mol. The van der Waals surface area contributed by atoms with Gasteiger partial charge in [0.05, 0.1) is 13.2 Å². The zero-order valence-electron chi connectivity index (χ0n) is 13.9. The van der Waals surface area contributed by atoms with Crippen LogP contribution < -0.4 is 5.32 Å². The maximum absolute atomic E-state index is 12.2. The smallest absolute Gasteiger partial charge is 0.240 e. The first-order valence-corrected chi connectivity index (χ1v) is 9.02. The van der Waals surface area contributed by atoms with Crippen molar-refractivity contribution in [2.24, 2.45) is 5.92 Å². The number of alkyl halides is 1. The molecule has 0 aliphatic carbocycles. The van der Waals surface area contributed by atoms with Gasteiger partial charge in [-0.05, 0) is 32.7 Å². The number of rotatable bonds is 6. The Bertz CT molecular complexity index is 392. The lowest BCUT2D eigenvalue weighted by Gasteiger charge is -2.32. The molecule has 0 aromatic heterocycles. The van der Waals surface area contributed by atoms with E-state index in [0.29, 0.717) is 19.6 Å². The summed E-state index contributed by atoms with van der Waals surface area (Å²) in [4.78, 5) is 28.1. The van der Waals surface area contributed by atoms with Crippen molar-refractivity contribution in [3.05, 3.63) is 0 Å². The van der Waals surface area contributed by atoms with E-state index in [1.165, 1.54) is 0 Å². The van der Waals surface area contributed by atoms with Gasteiger partial charge in [0.1, 0.15) is 5.38 Å². The van der Waals surface area contributed by atoms with Crippen LogP contribution in [0.1, 0.15) is 26.2 Å². The molecule has 2 amide bonds. The molecule has 6 nitrogen and oxygen atoms in total. The number of piperidine rings is 1. The molecular weight excluding hydrogens is 318 g/mol. The van der Waals surface area contributed by atoms with Crippen molar-refractivity contribution in [3.63, 3.8) is 0 Å². The van der Waals surface area contributed by atoms with E-state index in [9.17, 15) is 9.59 Å². The van der Waals surface area contributed by atoms with Crippen molar-refractivity contribution in [1.82, 2.24) is 15.1 Å². The summed E-state index contributed by atoms with van der Waals surface area (Å²) in [5.74, 6) is 0.113. The standard InChI is InChI=1S/C16H28ClN3O3/c1-13(17)16(22)20-7-3-14(4-8-20)15(21)18-5-2-6-19-9-11-23-12-10-19/h13-14H,2-12H2,1H3,(H,18,21). The van der Waals surface area contributed by atoms with Crippen molar-refractivity contribution < 1.29 is 14.3 Å². The molecule has 0 bridgehead atoms. The van der Waals surface area contributed by atoms with Crippen LogP contribution in [0.3, 0.4) is 0 Å². The molecule has 0 aromatic carbocycles. The van der Waals surface area contributed by atoms with Crippen LogP contribution >= 0.6 is 11.6 Å². The molecule has 2 heterocycles. The molecule has 23 heavy (non-hydrogen) atoms. The van der Waals surface area contributed by atoms with Crippen molar-refractivity contribution in [2.45, 2.75) is 31.6 Å². The zero-order valence-corrected chi connectivity index (χ0v) is 14.7. The molecule has 2 fully saturated rings. The first-order valence-electron chi connectivity index (χ1n) is 8.58. The fourth-order valence-electron chi connectivity index (χ4n) is 3.10. The molecule has 2 aliphatic heterocycles. The molecule has 1 atom stereocenters. The highest BCUT2D eigenvalue weighted by Gasteiger charge is 2.28. The minimum absolute atomic E-state index is 0.0214. The second-order valence-corrected chi connectivity index (χ2v) is 6.97. The van der Waals surface area contributed by atoms with E-state index in [-0.39, 0.29) is 17.7 Å². The van der Waals surface area contributed by atoms with Gasteiger partial charge < -0.3 is 15.0 Å². The lowest BCUT2D eigenvalue weighted by Crippen LogP contribution is -2.45. The Hall–Kier alpha value is -0.850. The number of hydrogen-bond acceptors (Lipinski definition) is 4. The highest BCUT2D eigenvalue weighted by molar-refractivity contribution is 6.30. The Balaban J connectivity index is 1.58. The Labute approximate surface area is 143 Å². The Morgan fingerprint density at radius 3 is 2.48 bits per heavy atom. The van der Waals surface area contributed by atoms with E-state index in [1.807, 2.05) is 0 Å². The summed E-state index contributed by atoms with van der Waals surface area (Å²) in [6.07, 6.45) is 2.42. The van der Waals surface area contributed by atoms with Crippen LogP contribution in [0.2, 0.25) is 0 Å². The number of nitrogens with zero attached hydrogens (tertiary/aromatic N) is 2. The first kappa shape index (κ1) is 18.5. The van der Waals surface area contributed by atoms with Gasteiger partial charge in [0, 0.05) is 38.6 Å². The maximum Gasteiger partial charge on any atom is 0.240 e. The van der Waals surface area contributed by atoms with Crippen molar-refractivity contribution in [2.75, 3.05) is 52.5 Å². The third kappa shape index (κ3) is 5.94. The predicted octanol–water partition coefficient (Wildman–Crippen LogP) is 0.691. The van der Waals surface area contributed by atoms with Gasteiger partial charge in [-0.1, -0.05) is 0 Å². The summed E-state index contributed by atoms with van der Waals surface area (Å²) in [6.45, 7) is 8.26. The lowest BCUT2D eigenvalue weighted by molar-refractivity contribution is -0.135. The minimum Gasteiger partial charge on any atom is -0.379 e. The van der Waals surface area contributed by atoms with Crippen molar-refractivity contribution in [3.8, 4) is 0 Å². The van der Waals surface area contributed by atoms with Gasteiger partial charge in [-0.2, -0.15) is 0 Å². The maximum atomic E-state index is 12.2.